The first kappa shape index (κ1) is 20.0. The molecule has 0 atom stereocenters. The molecule has 3 nitrogen and oxygen atoms in total. The monoisotopic (exact) mass is 401 g/mol. The van der Waals surface area contributed by atoms with Crippen molar-refractivity contribution in [2.24, 2.45) is 0 Å². The molecule has 0 saturated carbocycles. The van der Waals surface area contributed by atoms with Gasteiger partial charge in [0, 0.05) is 0 Å². The molecule has 0 aliphatic rings. The van der Waals surface area contributed by atoms with Crippen LogP contribution in [0, 0.1) is 0 Å². The van der Waals surface area contributed by atoms with E-state index in [1.54, 1.807) is 0 Å². The van der Waals surface area contributed by atoms with Gasteiger partial charge in [0.1, 0.15) is 0 Å². The Hall–Kier alpha value is -1.72. The summed E-state index contributed by atoms with van der Waals surface area (Å²) in [6.45, 7) is 2.23. The number of aryl methyl sites for hydroxylation is 1. The summed E-state index contributed by atoms with van der Waals surface area (Å²) in [6, 6.07) is 15.5. The molecule has 0 unspecified atom stereocenters. The summed E-state index contributed by atoms with van der Waals surface area (Å²) >= 11 is 1.25. The number of nitrogens with zero attached hydrogens (tertiary/aromatic N) is 1. The minimum absolute atomic E-state index is 0.00409. The lowest BCUT2D eigenvalue weighted by atomic mass is 10.0. The zero-order valence-corrected chi connectivity index (χ0v) is 17.5. The smallest absolute Gasteiger partial charge is 0.210 e. The van der Waals surface area contributed by atoms with E-state index in [-0.39, 0.29) is 10.1 Å². The molecule has 0 fully saturated rings. The van der Waals surface area contributed by atoms with Gasteiger partial charge in [-0.15, -0.1) is 11.3 Å². The summed E-state index contributed by atoms with van der Waals surface area (Å²) in [5.41, 5.74) is 2.85. The molecule has 1 aromatic heterocycles. The number of fused-ring (bicyclic) bond motifs is 1. The Balaban J connectivity index is 1.57. The second kappa shape index (κ2) is 9.47. The number of sulfone groups is 1. The van der Waals surface area contributed by atoms with Gasteiger partial charge in [-0.05, 0) is 36.1 Å². The highest BCUT2D eigenvalue weighted by atomic mass is 32.2. The molecule has 0 saturated heterocycles. The Labute approximate surface area is 166 Å². The average molecular weight is 402 g/mol. The van der Waals surface area contributed by atoms with E-state index in [1.165, 1.54) is 55.4 Å². The largest absolute Gasteiger partial charge is 0.225 e. The normalized spacial score (nSPS) is 11.9. The van der Waals surface area contributed by atoms with Crippen LogP contribution in [-0.2, 0) is 22.0 Å². The highest BCUT2D eigenvalue weighted by Gasteiger charge is 2.20. The molecule has 0 amide bonds. The van der Waals surface area contributed by atoms with Crippen LogP contribution in [0.5, 0.6) is 0 Å². The van der Waals surface area contributed by atoms with E-state index in [1.807, 2.05) is 36.4 Å². The molecule has 3 rings (SSSR count). The van der Waals surface area contributed by atoms with Crippen molar-refractivity contribution < 1.29 is 8.42 Å². The SMILES string of the molecule is CCCCCCCCc1ccc(CS(=O)(=O)c2nc3ccccc3s2)cc1. The molecule has 2 aromatic carbocycles. The summed E-state index contributed by atoms with van der Waals surface area (Å²) in [6.07, 6.45) is 8.79. The van der Waals surface area contributed by atoms with Crippen LogP contribution in [0.3, 0.4) is 0 Å². The Morgan fingerprint density at radius 1 is 0.852 bits per heavy atom. The summed E-state index contributed by atoms with van der Waals surface area (Å²) in [7, 11) is -3.41. The second-order valence-electron chi connectivity index (χ2n) is 7.04. The minimum Gasteiger partial charge on any atom is -0.225 e. The molecule has 144 valence electrons. The molecule has 0 N–H and O–H groups in total. The number of aromatic nitrogens is 1. The van der Waals surface area contributed by atoms with Crippen molar-refractivity contribution in [2.75, 3.05) is 0 Å². The van der Waals surface area contributed by atoms with Crippen LogP contribution < -0.4 is 0 Å². The Morgan fingerprint density at radius 2 is 1.52 bits per heavy atom. The van der Waals surface area contributed by atoms with Crippen LogP contribution in [0.1, 0.15) is 56.6 Å². The van der Waals surface area contributed by atoms with Crippen LogP contribution >= 0.6 is 11.3 Å². The van der Waals surface area contributed by atoms with Gasteiger partial charge in [-0.25, -0.2) is 13.4 Å². The Bertz CT molecular complexity index is 926. The first-order chi connectivity index (χ1) is 13.1. The number of hydrogen-bond acceptors (Lipinski definition) is 4. The van der Waals surface area contributed by atoms with Crippen molar-refractivity contribution in [2.45, 2.75) is 62.0 Å². The second-order valence-corrected chi connectivity index (χ2v) is 10.2. The van der Waals surface area contributed by atoms with Crippen LogP contribution in [0.4, 0.5) is 0 Å². The van der Waals surface area contributed by atoms with Gasteiger partial charge in [-0.1, -0.05) is 75.4 Å². The maximum atomic E-state index is 12.7. The molecule has 0 radical (unpaired) electrons. The van der Waals surface area contributed by atoms with E-state index in [0.29, 0.717) is 0 Å². The third kappa shape index (κ3) is 5.63. The first-order valence-corrected chi connectivity index (χ1v) is 12.2. The van der Waals surface area contributed by atoms with Gasteiger partial charge in [0.2, 0.25) is 14.2 Å². The molecule has 0 aliphatic heterocycles. The average Bonchev–Trinajstić information content (AvgIpc) is 3.11. The molecule has 0 spiro atoms. The molecular weight excluding hydrogens is 374 g/mol. The molecule has 27 heavy (non-hydrogen) atoms. The number of unbranched alkanes of at least 4 members (excludes halogenated alkanes) is 5. The van der Waals surface area contributed by atoms with E-state index in [4.69, 9.17) is 0 Å². The Kier molecular flexibility index (Phi) is 7.02. The van der Waals surface area contributed by atoms with E-state index in [0.717, 1.165) is 22.2 Å². The summed E-state index contributed by atoms with van der Waals surface area (Å²) in [4.78, 5) is 4.30. The fourth-order valence-electron chi connectivity index (χ4n) is 3.18. The molecule has 0 bridgehead atoms. The lowest BCUT2D eigenvalue weighted by Crippen LogP contribution is -2.04. The zero-order valence-electron chi connectivity index (χ0n) is 15.9. The topological polar surface area (TPSA) is 47.0 Å². The molecule has 5 heteroatoms. The highest BCUT2D eigenvalue weighted by Crippen LogP contribution is 2.27. The van der Waals surface area contributed by atoms with Crippen molar-refractivity contribution >= 4 is 31.4 Å². The zero-order chi connectivity index (χ0) is 19.1. The van der Waals surface area contributed by atoms with Gasteiger partial charge < -0.3 is 0 Å². The van der Waals surface area contributed by atoms with Gasteiger partial charge in [-0.3, -0.25) is 0 Å². The maximum Gasteiger partial charge on any atom is 0.210 e. The van der Waals surface area contributed by atoms with Crippen molar-refractivity contribution in [1.82, 2.24) is 4.98 Å². The maximum absolute atomic E-state index is 12.7. The fraction of sp³-hybridized carbons (Fsp3) is 0.409. The predicted octanol–water partition coefficient (Wildman–Crippen LogP) is 6.17. The number of rotatable bonds is 10. The predicted molar refractivity (Wildman–Crippen MR) is 114 cm³/mol. The van der Waals surface area contributed by atoms with Crippen molar-refractivity contribution in [3.8, 4) is 0 Å². The van der Waals surface area contributed by atoms with Crippen LogP contribution in [0.15, 0.2) is 52.9 Å². The van der Waals surface area contributed by atoms with Crippen molar-refractivity contribution in [3.63, 3.8) is 0 Å². The van der Waals surface area contributed by atoms with Crippen LogP contribution in [0.25, 0.3) is 10.2 Å². The minimum atomic E-state index is -3.41. The third-order valence-corrected chi connectivity index (χ3v) is 7.92. The number of benzene rings is 2. The number of thiazole rings is 1. The first-order valence-electron chi connectivity index (χ1n) is 9.74. The third-order valence-electron chi connectivity index (χ3n) is 4.74. The number of para-hydroxylation sites is 1. The number of hydrogen-bond donors (Lipinski definition) is 0. The molecule has 1 heterocycles. The standard InChI is InChI=1S/C22H27NO2S2/c1-2-3-4-5-6-7-10-18-13-15-19(16-14-18)17-27(24,25)22-23-20-11-8-9-12-21(20)26-22/h8-9,11-16H,2-7,10,17H2,1H3. The Morgan fingerprint density at radius 3 is 2.26 bits per heavy atom. The van der Waals surface area contributed by atoms with Crippen molar-refractivity contribution in [3.05, 3.63) is 59.7 Å². The lowest BCUT2D eigenvalue weighted by Gasteiger charge is -2.05. The van der Waals surface area contributed by atoms with Crippen LogP contribution in [0.2, 0.25) is 0 Å². The summed E-state index contributed by atoms with van der Waals surface area (Å²) < 4.78 is 26.5. The van der Waals surface area contributed by atoms with Gasteiger partial charge in [-0.2, -0.15) is 0 Å². The molecule has 3 aromatic rings. The van der Waals surface area contributed by atoms with Crippen molar-refractivity contribution in [1.29, 1.82) is 0 Å². The van der Waals surface area contributed by atoms with E-state index in [2.05, 4.69) is 24.0 Å². The van der Waals surface area contributed by atoms with Crippen LogP contribution in [-0.4, -0.2) is 13.4 Å². The highest BCUT2D eigenvalue weighted by molar-refractivity contribution is 7.92. The fourth-order valence-corrected chi connectivity index (χ4v) is 5.82. The molecular formula is C22H27NO2S2. The molecule has 0 aliphatic carbocycles. The van der Waals surface area contributed by atoms with Gasteiger partial charge in [0.25, 0.3) is 0 Å². The van der Waals surface area contributed by atoms with E-state index in [9.17, 15) is 8.42 Å². The van der Waals surface area contributed by atoms with Gasteiger partial charge >= 0.3 is 0 Å². The van der Waals surface area contributed by atoms with Gasteiger partial charge in [0.15, 0.2) is 0 Å². The van der Waals surface area contributed by atoms with E-state index < -0.39 is 9.84 Å². The van der Waals surface area contributed by atoms with Gasteiger partial charge in [0.05, 0.1) is 16.0 Å². The van der Waals surface area contributed by atoms with E-state index >= 15 is 0 Å². The quantitative estimate of drug-likeness (QED) is 0.381. The summed E-state index contributed by atoms with van der Waals surface area (Å²) in [5, 5.41) is 0. The summed E-state index contributed by atoms with van der Waals surface area (Å²) in [5.74, 6) is 0.00409. The lowest BCUT2D eigenvalue weighted by molar-refractivity contribution is 0.594.